The van der Waals surface area contributed by atoms with E-state index in [4.69, 9.17) is 37.0 Å². The summed E-state index contributed by atoms with van der Waals surface area (Å²) in [6.07, 6.45) is 53.0. The predicted octanol–water partition coefficient (Wildman–Crippen LogP) is 20.9. The van der Waals surface area contributed by atoms with E-state index < -0.39 is 97.5 Å². The van der Waals surface area contributed by atoms with Crippen LogP contribution in [0.3, 0.4) is 0 Å². The van der Waals surface area contributed by atoms with Crippen LogP contribution in [-0.4, -0.2) is 96.7 Å². The molecular formula is C72H140O17P2. The maximum atomic E-state index is 13.0. The van der Waals surface area contributed by atoms with Gasteiger partial charge in [0.15, 0.2) is 12.2 Å². The number of phosphoric acid groups is 2. The molecule has 0 aliphatic heterocycles. The van der Waals surface area contributed by atoms with Gasteiger partial charge < -0.3 is 33.8 Å². The first-order chi connectivity index (χ1) is 44.0. The summed E-state index contributed by atoms with van der Waals surface area (Å²) in [4.78, 5) is 72.4. The molecule has 0 aliphatic carbocycles. The van der Waals surface area contributed by atoms with Crippen LogP contribution in [0.4, 0.5) is 0 Å². The van der Waals surface area contributed by atoms with E-state index in [0.717, 1.165) is 102 Å². The molecule has 0 radical (unpaired) electrons. The van der Waals surface area contributed by atoms with E-state index in [1.54, 1.807) is 0 Å². The van der Waals surface area contributed by atoms with Gasteiger partial charge in [0, 0.05) is 25.7 Å². The average Bonchev–Trinajstić information content (AvgIpc) is 3.73. The zero-order valence-electron chi connectivity index (χ0n) is 59.0. The van der Waals surface area contributed by atoms with Gasteiger partial charge in [0.25, 0.3) is 0 Å². The van der Waals surface area contributed by atoms with Crippen LogP contribution < -0.4 is 0 Å². The quantitative estimate of drug-likeness (QED) is 0.0222. The van der Waals surface area contributed by atoms with E-state index in [1.165, 1.54) is 193 Å². The van der Waals surface area contributed by atoms with Crippen LogP contribution in [0, 0.1) is 5.92 Å². The monoisotopic (exact) mass is 1340 g/mol. The number of aliphatic hydroxyl groups excluding tert-OH is 1. The second kappa shape index (κ2) is 65.4. The number of rotatable bonds is 72. The van der Waals surface area contributed by atoms with Crippen LogP contribution in [0.15, 0.2) is 0 Å². The van der Waals surface area contributed by atoms with Crippen molar-refractivity contribution in [2.45, 2.75) is 393 Å². The molecule has 0 fully saturated rings. The van der Waals surface area contributed by atoms with Crippen molar-refractivity contribution in [3.8, 4) is 0 Å². The minimum Gasteiger partial charge on any atom is -0.462 e. The second-order valence-electron chi connectivity index (χ2n) is 26.5. The second-order valence-corrected chi connectivity index (χ2v) is 29.4. The third-order valence-corrected chi connectivity index (χ3v) is 18.7. The molecule has 540 valence electrons. The van der Waals surface area contributed by atoms with Crippen LogP contribution in [0.5, 0.6) is 0 Å². The molecule has 0 aromatic heterocycles. The number of esters is 4. The Labute approximate surface area is 556 Å². The Bertz CT molecular complexity index is 1750. The highest BCUT2D eigenvalue weighted by Gasteiger charge is 2.30. The van der Waals surface area contributed by atoms with Crippen LogP contribution in [0.25, 0.3) is 0 Å². The zero-order chi connectivity index (χ0) is 67.0. The topological polar surface area (TPSA) is 237 Å². The number of aliphatic hydroxyl groups is 1. The Kier molecular flexibility index (Phi) is 64.0. The summed E-state index contributed by atoms with van der Waals surface area (Å²) in [5.74, 6) is -1.37. The number of ether oxygens (including phenoxy) is 4. The number of hydrogen-bond acceptors (Lipinski definition) is 15. The zero-order valence-corrected chi connectivity index (χ0v) is 60.8. The Morgan fingerprint density at radius 3 is 0.747 bits per heavy atom. The number of carbonyl (C=O) groups is 4. The van der Waals surface area contributed by atoms with Gasteiger partial charge in [-0.25, -0.2) is 9.13 Å². The first-order valence-corrected chi connectivity index (χ1v) is 40.6. The van der Waals surface area contributed by atoms with Crippen LogP contribution in [0.1, 0.15) is 375 Å². The summed E-state index contributed by atoms with van der Waals surface area (Å²) in [6.45, 7) is 7.21. The predicted molar refractivity (Wildman–Crippen MR) is 368 cm³/mol. The van der Waals surface area contributed by atoms with Gasteiger partial charge in [-0.1, -0.05) is 324 Å². The molecule has 0 saturated carbocycles. The normalized spacial score (nSPS) is 14.0. The number of carbonyl (C=O) groups excluding carboxylic acids is 4. The first kappa shape index (κ1) is 89.1. The van der Waals surface area contributed by atoms with Crippen molar-refractivity contribution in [3.63, 3.8) is 0 Å². The smallest absolute Gasteiger partial charge is 0.462 e. The molecule has 0 amide bonds. The summed E-state index contributed by atoms with van der Waals surface area (Å²) in [7, 11) is -9.89. The molecule has 0 spiro atoms. The lowest BCUT2D eigenvalue weighted by Gasteiger charge is -2.21. The third-order valence-electron chi connectivity index (χ3n) is 16.8. The highest BCUT2D eigenvalue weighted by Crippen LogP contribution is 2.45. The van der Waals surface area contributed by atoms with E-state index >= 15 is 0 Å². The molecule has 0 bridgehead atoms. The number of hydrogen-bond donors (Lipinski definition) is 3. The lowest BCUT2D eigenvalue weighted by atomic mass is 10.0. The fourth-order valence-corrected chi connectivity index (χ4v) is 12.6. The maximum Gasteiger partial charge on any atom is 0.472 e. The molecule has 2 unspecified atom stereocenters. The molecule has 0 rings (SSSR count). The Morgan fingerprint density at radius 2 is 0.505 bits per heavy atom. The van der Waals surface area contributed by atoms with E-state index in [1.807, 2.05) is 0 Å². The lowest BCUT2D eigenvalue weighted by Crippen LogP contribution is -2.30. The summed E-state index contributed by atoms with van der Waals surface area (Å²) in [5, 5.41) is 10.6. The van der Waals surface area contributed by atoms with E-state index in [2.05, 4.69) is 34.6 Å². The lowest BCUT2D eigenvalue weighted by molar-refractivity contribution is -0.161. The van der Waals surface area contributed by atoms with E-state index in [9.17, 15) is 43.2 Å². The summed E-state index contributed by atoms with van der Waals surface area (Å²) in [5.41, 5.74) is 0. The van der Waals surface area contributed by atoms with Crippen molar-refractivity contribution in [3.05, 3.63) is 0 Å². The third kappa shape index (κ3) is 66.5. The van der Waals surface area contributed by atoms with Crippen LogP contribution in [0.2, 0.25) is 0 Å². The van der Waals surface area contributed by atoms with Gasteiger partial charge in [0.05, 0.1) is 26.4 Å². The number of unbranched alkanes of at least 4 members (excludes halogenated alkanes) is 44. The molecule has 3 N–H and O–H groups in total. The highest BCUT2D eigenvalue weighted by molar-refractivity contribution is 7.47. The Hall–Kier alpha value is -1.94. The molecule has 0 saturated heterocycles. The number of phosphoric ester groups is 2. The molecule has 17 nitrogen and oxygen atoms in total. The minimum atomic E-state index is -4.95. The molecule has 0 aromatic carbocycles. The van der Waals surface area contributed by atoms with Gasteiger partial charge in [-0.05, 0) is 31.6 Å². The molecule has 19 heteroatoms. The Morgan fingerprint density at radius 1 is 0.297 bits per heavy atom. The fraction of sp³-hybridized carbons (Fsp3) is 0.944. The van der Waals surface area contributed by atoms with Crippen molar-refractivity contribution < 1.29 is 80.2 Å². The van der Waals surface area contributed by atoms with Crippen molar-refractivity contribution >= 4 is 39.5 Å². The van der Waals surface area contributed by atoms with Crippen molar-refractivity contribution in [1.82, 2.24) is 0 Å². The van der Waals surface area contributed by atoms with Crippen molar-refractivity contribution in [2.24, 2.45) is 5.92 Å². The van der Waals surface area contributed by atoms with Crippen molar-refractivity contribution in [1.29, 1.82) is 0 Å². The molecule has 0 aromatic rings. The highest BCUT2D eigenvalue weighted by atomic mass is 31.2. The largest absolute Gasteiger partial charge is 0.472 e. The maximum absolute atomic E-state index is 13.0. The van der Waals surface area contributed by atoms with Gasteiger partial charge in [0.2, 0.25) is 0 Å². The molecule has 0 aliphatic rings. The van der Waals surface area contributed by atoms with Gasteiger partial charge in [-0.15, -0.1) is 0 Å². The summed E-state index contributed by atoms with van der Waals surface area (Å²) in [6, 6.07) is 0. The van der Waals surface area contributed by atoms with Gasteiger partial charge in [0.1, 0.15) is 19.3 Å². The first-order valence-electron chi connectivity index (χ1n) is 37.6. The summed E-state index contributed by atoms with van der Waals surface area (Å²) < 4.78 is 68.2. The molecule has 0 heterocycles. The van der Waals surface area contributed by atoms with Gasteiger partial charge in [-0.3, -0.25) is 37.3 Å². The minimum absolute atomic E-state index is 0.106. The molecule has 91 heavy (non-hydrogen) atoms. The van der Waals surface area contributed by atoms with Crippen molar-refractivity contribution in [2.75, 3.05) is 39.6 Å². The van der Waals surface area contributed by atoms with Crippen LogP contribution >= 0.6 is 15.6 Å². The average molecular weight is 1340 g/mol. The molecule has 5 atom stereocenters. The van der Waals surface area contributed by atoms with Gasteiger partial charge in [-0.2, -0.15) is 0 Å². The standard InChI is InChI=1S/C72H140O17P2/c1-6-9-12-15-18-21-22-23-24-25-26-27-28-29-30-31-32-38-43-48-53-58-72(77)89-68(62-83-70(75)56-51-46-41-37-34-33-36-39-44-49-54-65(4)5)64-87-91(80,81)85-60-66(73)59-84-90(78,79)86-63-67(61-82-69(74)55-50-45-40-20-17-14-11-8-3)88-71(76)57-52-47-42-35-19-16-13-10-7-2/h65-68,73H,6-64H2,1-5H3,(H,78,79)(H,80,81)/t66-,67+,68+/m0/s1. The van der Waals surface area contributed by atoms with E-state index in [0.29, 0.717) is 25.7 Å². The summed E-state index contributed by atoms with van der Waals surface area (Å²) >= 11 is 0. The van der Waals surface area contributed by atoms with Gasteiger partial charge >= 0.3 is 39.5 Å². The molecular weight excluding hydrogens is 1200 g/mol. The Balaban J connectivity index is 5.14. The SMILES string of the molecule is CCCCCCCCCCCCCCCCCCCCCCCC(=O)O[C@H](COC(=O)CCCCCCCCCCCCC(C)C)COP(=O)(O)OC[C@@H](O)COP(=O)(O)OC[C@@H](COC(=O)CCCCCCCCCC)OC(=O)CCCCCCCCCCC. The fourth-order valence-electron chi connectivity index (χ4n) is 11.0. The van der Waals surface area contributed by atoms with Crippen LogP contribution in [-0.2, 0) is 65.4 Å². The van der Waals surface area contributed by atoms with E-state index in [-0.39, 0.29) is 25.7 Å².